The third-order valence-corrected chi connectivity index (χ3v) is 1.41. The van der Waals surface area contributed by atoms with Crippen molar-refractivity contribution in [2.75, 3.05) is 5.73 Å². The first-order valence-electron chi connectivity index (χ1n) is 2.80. The summed E-state index contributed by atoms with van der Waals surface area (Å²) >= 11 is 4.75. The Bertz CT molecular complexity index is 325. The number of nitrogen functional groups attached to an aromatic ring is 1. The average Bonchev–Trinajstić information content (AvgIpc) is 2.18. The predicted molar refractivity (Wildman–Crippen MR) is 41.0 cm³/mol. The average molecular weight is 173 g/mol. The van der Waals surface area contributed by atoms with E-state index in [1.54, 1.807) is 0 Å². The number of H-pyrrole nitrogens is 1. The molecule has 0 spiro atoms. The van der Waals surface area contributed by atoms with E-state index in [1.807, 2.05) is 0 Å². The van der Waals surface area contributed by atoms with Crippen molar-refractivity contribution >= 4 is 24.1 Å². The zero-order valence-electron chi connectivity index (χ0n) is 5.57. The standard InChI is InChI=1S/C4H7N5OS/c5-2(10)1-9-3(6)7-8-4(9)11/h1H2,(H2,5,10)(H2,6,7)(H,8,11). The number of hydrogen-bond acceptors (Lipinski definition) is 4. The van der Waals surface area contributed by atoms with Crippen LogP contribution in [0.3, 0.4) is 0 Å². The second-order valence-corrected chi connectivity index (χ2v) is 2.33. The molecule has 1 heterocycles. The quantitative estimate of drug-likeness (QED) is 0.499. The van der Waals surface area contributed by atoms with E-state index in [0.717, 1.165) is 0 Å². The summed E-state index contributed by atoms with van der Waals surface area (Å²) in [5.41, 5.74) is 10.3. The summed E-state index contributed by atoms with van der Waals surface area (Å²) in [7, 11) is 0. The van der Waals surface area contributed by atoms with Crippen LogP contribution in [0.4, 0.5) is 5.95 Å². The van der Waals surface area contributed by atoms with E-state index in [9.17, 15) is 4.79 Å². The zero-order chi connectivity index (χ0) is 8.43. The third-order valence-electron chi connectivity index (χ3n) is 1.10. The molecule has 0 fully saturated rings. The lowest BCUT2D eigenvalue weighted by Crippen LogP contribution is -2.19. The van der Waals surface area contributed by atoms with E-state index in [2.05, 4.69) is 10.2 Å². The van der Waals surface area contributed by atoms with Gasteiger partial charge in [-0.3, -0.25) is 9.36 Å². The van der Waals surface area contributed by atoms with Crippen molar-refractivity contribution in [1.82, 2.24) is 14.8 Å². The van der Waals surface area contributed by atoms with Crippen molar-refractivity contribution in [3.8, 4) is 0 Å². The number of nitrogens with zero attached hydrogens (tertiary/aromatic N) is 2. The number of carbonyl (C=O) groups is 1. The first-order valence-corrected chi connectivity index (χ1v) is 3.21. The van der Waals surface area contributed by atoms with Crippen molar-refractivity contribution in [3.63, 3.8) is 0 Å². The van der Waals surface area contributed by atoms with Crippen LogP contribution in [0, 0.1) is 4.77 Å². The molecule has 0 bridgehead atoms. The Kier molecular flexibility index (Phi) is 1.90. The Morgan fingerprint density at radius 1 is 1.82 bits per heavy atom. The molecule has 0 unspecified atom stereocenters. The molecular weight excluding hydrogens is 166 g/mol. The molecule has 0 radical (unpaired) electrons. The number of rotatable bonds is 2. The predicted octanol–water partition coefficient (Wildman–Crippen LogP) is -0.992. The second kappa shape index (κ2) is 2.70. The summed E-state index contributed by atoms with van der Waals surface area (Å²) in [5, 5.41) is 6.01. The molecule has 6 nitrogen and oxygen atoms in total. The molecule has 0 aliphatic heterocycles. The molecule has 11 heavy (non-hydrogen) atoms. The summed E-state index contributed by atoms with van der Waals surface area (Å²) in [4.78, 5) is 10.4. The Balaban J connectivity index is 3.01. The van der Waals surface area contributed by atoms with Crippen LogP contribution in [0.2, 0.25) is 0 Å². The fourth-order valence-electron chi connectivity index (χ4n) is 0.638. The minimum absolute atomic E-state index is 0.0405. The maximum absolute atomic E-state index is 10.4. The van der Waals surface area contributed by atoms with Gasteiger partial charge in [-0.05, 0) is 12.2 Å². The summed E-state index contributed by atoms with van der Waals surface area (Å²) in [6, 6.07) is 0. The topological polar surface area (TPSA) is 103 Å². The Hall–Kier alpha value is -1.37. The molecular formula is C4H7N5OS. The van der Waals surface area contributed by atoms with Crippen LogP contribution in [-0.2, 0) is 11.3 Å². The number of aromatic nitrogens is 3. The van der Waals surface area contributed by atoms with Crippen LogP contribution in [-0.4, -0.2) is 20.7 Å². The van der Waals surface area contributed by atoms with Gasteiger partial charge in [0.15, 0.2) is 4.77 Å². The van der Waals surface area contributed by atoms with Gasteiger partial charge in [-0.2, -0.15) is 0 Å². The van der Waals surface area contributed by atoms with Gasteiger partial charge in [-0.1, -0.05) is 0 Å². The molecule has 0 saturated heterocycles. The first-order chi connectivity index (χ1) is 5.11. The zero-order valence-corrected chi connectivity index (χ0v) is 6.39. The van der Waals surface area contributed by atoms with Gasteiger partial charge in [0.25, 0.3) is 0 Å². The number of amides is 1. The fraction of sp³-hybridized carbons (Fsp3) is 0.250. The van der Waals surface area contributed by atoms with Crippen LogP contribution < -0.4 is 11.5 Å². The molecule has 0 aliphatic carbocycles. The number of nitrogens with one attached hydrogen (secondary N) is 1. The van der Waals surface area contributed by atoms with Crippen LogP contribution in [0.5, 0.6) is 0 Å². The van der Waals surface area contributed by atoms with Gasteiger partial charge in [-0.25, -0.2) is 5.10 Å². The Morgan fingerprint density at radius 3 is 2.82 bits per heavy atom. The number of nitrogens with two attached hydrogens (primary N) is 2. The van der Waals surface area contributed by atoms with Crippen LogP contribution >= 0.6 is 12.2 Å². The lowest BCUT2D eigenvalue weighted by Gasteiger charge is -1.97. The van der Waals surface area contributed by atoms with E-state index >= 15 is 0 Å². The molecule has 7 heteroatoms. The van der Waals surface area contributed by atoms with Gasteiger partial charge in [0.1, 0.15) is 6.54 Å². The highest BCUT2D eigenvalue weighted by atomic mass is 32.1. The molecule has 1 aromatic rings. The molecule has 0 aliphatic rings. The smallest absolute Gasteiger partial charge is 0.237 e. The van der Waals surface area contributed by atoms with E-state index in [-0.39, 0.29) is 12.5 Å². The number of carbonyl (C=O) groups excluding carboxylic acids is 1. The number of aromatic amines is 1. The highest BCUT2D eigenvalue weighted by Gasteiger charge is 2.03. The maximum Gasteiger partial charge on any atom is 0.237 e. The Morgan fingerprint density at radius 2 is 2.45 bits per heavy atom. The molecule has 60 valence electrons. The van der Waals surface area contributed by atoms with Gasteiger partial charge in [0.2, 0.25) is 11.9 Å². The van der Waals surface area contributed by atoms with E-state index < -0.39 is 5.91 Å². The fourth-order valence-corrected chi connectivity index (χ4v) is 0.842. The SMILES string of the molecule is NC(=O)Cn1c(N)n[nH]c1=S. The molecule has 1 rings (SSSR count). The molecule has 0 saturated carbocycles. The van der Waals surface area contributed by atoms with Crippen LogP contribution in [0.15, 0.2) is 0 Å². The number of hydrogen-bond donors (Lipinski definition) is 3. The summed E-state index contributed by atoms with van der Waals surface area (Å²) in [5.74, 6) is -0.344. The lowest BCUT2D eigenvalue weighted by atomic mass is 10.6. The molecule has 0 aromatic carbocycles. The van der Waals surface area contributed by atoms with Gasteiger partial charge in [0.05, 0.1) is 0 Å². The molecule has 5 N–H and O–H groups in total. The van der Waals surface area contributed by atoms with Gasteiger partial charge in [0, 0.05) is 0 Å². The summed E-state index contributed by atoms with van der Waals surface area (Å²) in [6.45, 7) is -0.0405. The normalized spacial score (nSPS) is 9.82. The van der Waals surface area contributed by atoms with E-state index in [1.165, 1.54) is 4.57 Å². The van der Waals surface area contributed by atoms with Crippen LogP contribution in [0.1, 0.15) is 0 Å². The maximum atomic E-state index is 10.4. The highest BCUT2D eigenvalue weighted by Crippen LogP contribution is 1.96. The monoisotopic (exact) mass is 173 g/mol. The number of anilines is 1. The molecule has 0 atom stereocenters. The van der Waals surface area contributed by atoms with Crippen molar-refractivity contribution in [3.05, 3.63) is 4.77 Å². The Labute approximate surface area is 67.2 Å². The first kappa shape index (κ1) is 7.73. The number of primary amides is 1. The molecule has 1 amide bonds. The lowest BCUT2D eigenvalue weighted by molar-refractivity contribution is -0.118. The van der Waals surface area contributed by atoms with Gasteiger partial charge >= 0.3 is 0 Å². The van der Waals surface area contributed by atoms with Gasteiger partial charge < -0.3 is 11.5 Å². The van der Waals surface area contributed by atoms with Crippen molar-refractivity contribution in [1.29, 1.82) is 0 Å². The van der Waals surface area contributed by atoms with E-state index in [4.69, 9.17) is 23.7 Å². The highest BCUT2D eigenvalue weighted by molar-refractivity contribution is 7.71. The third kappa shape index (κ3) is 1.55. The minimum Gasteiger partial charge on any atom is -0.368 e. The van der Waals surface area contributed by atoms with Gasteiger partial charge in [-0.15, -0.1) is 5.10 Å². The summed E-state index contributed by atoms with van der Waals surface area (Å²) in [6.07, 6.45) is 0. The van der Waals surface area contributed by atoms with E-state index in [0.29, 0.717) is 4.77 Å². The largest absolute Gasteiger partial charge is 0.368 e. The minimum atomic E-state index is -0.505. The van der Waals surface area contributed by atoms with Crippen molar-refractivity contribution in [2.45, 2.75) is 6.54 Å². The van der Waals surface area contributed by atoms with Crippen LogP contribution in [0.25, 0.3) is 0 Å². The molecule has 1 aromatic heterocycles. The van der Waals surface area contributed by atoms with Crippen molar-refractivity contribution < 1.29 is 4.79 Å². The second-order valence-electron chi connectivity index (χ2n) is 1.94. The van der Waals surface area contributed by atoms with Crippen molar-refractivity contribution in [2.24, 2.45) is 5.73 Å². The summed E-state index contributed by atoms with van der Waals surface area (Å²) < 4.78 is 1.61.